The lowest BCUT2D eigenvalue weighted by Crippen LogP contribution is -2.51. The number of carbonyl (C=O) groups is 1. The molecule has 1 aliphatic rings. The van der Waals surface area contributed by atoms with E-state index < -0.39 is 18.1 Å². The van der Waals surface area contributed by atoms with Gasteiger partial charge in [0.25, 0.3) is 0 Å². The van der Waals surface area contributed by atoms with Crippen LogP contribution in [0.25, 0.3) is 0 Å². The summed E-state index contributed by atoms with van der Waals surface area (Å²) in [6, 6.07) is -2.44. The molecular formula is C8H13F3N2O2. The number of nitrogens with two attached hydrogens (primary N) is 1. The summed E-state index contributed by atoms with van der Waals surface area (Å²) in [6.45, 7) is 1.25. The van der Waals surface area contributed by atoms with Crippen molar-refractivity contribution in [3.63, 3.8) is 0 Å². The van der Waals surface area contributed by atoms with Crippen LogP contribution in [0.5, 0.6) is 0 Å². The number of amides is 1. The summed E-state index contributed by atoms with van der Waals surface area (Å²) in [7, 11) is 0. The number of nitrogens with one attached hydrogen (secondary N) is 1. The monoisotopic (exact) mass is 226 g/mol. The Labute approximate surface area is 84.9 Å². The summed E-state index contributed by atoms with van der Waals surface area (Å²) >= 11 is 0. The molecule has 1 rings (SSSR count). The van der Waals surface area contributed by atoms with Gasteiger partial charge in [0.15, 0.2) is 6.04 Å². The molecule has 1 aliphatic heterocycles. The minimum absolute atomic E-state index is 0.0920. The minimum atomic E-state index is -4.68. The number of hydrogen-bond donors (Lipinski definition) is 2. The zero-order valence-electron chi connectivity index (χ0n) is 8.01. The lowest BCUT2D eigenvalue weighted by Gasteiger charge is -2.16. The van der Waals surface area contributed by atoms with Crippen LogP contribution in [0.2, 0.25) is 0 Å². The summed E-state index contributed by atoms with van der Waals surface area (Å²) in [5.74, 6) is -1.09. The van der Waals surface area contributed by atoms with Crippen LogP contribution in [0.1, 0.15) is 6.42 Å². The predicted octanol–water partition coefficient (Wildman–Crippen LogP) is 0.0287. The number of hydrogen-bond acceptors (Lipinski definition) is 3. The molecule has 88 valence electrons. The van der Waals surface area contributed by atoms with Crippen molar-refractivity contribution >= 4 is 5.91 Å². The number of halogens is 3. The highest BCUT2D eigenvalue weighted by Gasteiger charge is 2.42. The van der Waals surface area contributed by atoms with Gasteiger partial charge < -0.3 is 15.8 Å². The molecule has 0 aromatic carbocycles. The van der Waals surface area contributed by atoms with Crippen LogP contribution in [0.3, 0.4) is 0 Å². The molecule has 0 aliphatic carbocycles. The number of alkyl halides is 3. The molecule has 0 aromatic rings. The maximum absolute atomic E-state index is 12.0. The Morgan fingerprint density at radius 2 is 2.27 bits per heavy atom. The van der Waals surface area contributed by atoms with E-state index in [-0.39, 0.29) is 12.5 Å². The van der Waals surface area contributed by atoms with Gasteiger partial charge in [0, 0.05) is 19.1 Å². The van der Waals surface area contributed by atoms with E-state index in [4.69, 9.17) is 10.5 Å². The van der Waals surface area contributed by atoms with Gasteiger partial charge in [-0.15, -0.1) is 0 Å². The second-order valence-electron chi connectivity index (χ2n) is 3.49. The third-order valence-electron chi connectivity index (χ3n) is 2.22. The predicted molar refractivity (Wildman–Crippen MR) is 46.0 cm³/mol. The molecular weight excluding hydrogens is 213 g/mol. The second kappa shape index (κ2) is 4.80. The van der Waals surface area contributed by atoms with Crippen molar-refractivity contribution in [2.45, 2.75) is 18.6 Å². The molecule has 15 heavy (non-hydrogen) atoms. The molecule has 1 saturated heterocycles. The van der Waals surface area contributed by atoms with Crippen LogP contribution in [0.4, 0.5) is 13.2 Å². The highest BCUT2D eigenvalue weighted by Crippen LogP contribution is 2.18. The summed E-state index contributed by atoms with van der Waals surface area (Å²) in [4.78, 5) is 10.9. The number of carbonyl (C=O) groups excluding carboxylic acids is 1. The molecule has 0 saturated carbocycles. The standard InChI is InChI=1S/C8H13F3N2O2/c9-8(10,11)6(12)7(14)13-3-5-1-2-15-4-5/h5-6H,1-4,12H2,(H,13,14). The number of rotatable bonds is 3. The molecule has 3 N–H and O–H groups in total. The van der Waals surface area contributed by atoms with Crippen LogP contribution in [0, 0.1) is 5.92 Å². The van der Waals surface area contributed by atoms with Gasteiger partial charge in [-0.2, -0.15) is 13.2 Å². The Hall–Kier alpha value is -0.820. The summed E-state index contributed by atoms with van der Waals surface area (Å²) in [5, 5.41) is 2.17. The van der Waals surface area contributed by atoms with E-state index in [0.717, 1.165) is 6.42 Å². The fraction of sp³-hybridized carbons (Fsp3) is 0.875. The topological polar surface area (TPSA) is 64.4 Å². The third kappa shape index (κ3) is 3.67. The van der Waals surface area contributed by atoms with Crippen LogP contribution in [-0.4, -0.2) is 37.9 Å². The average Bonchev–Trinajstić information content (AvgIpc) is 2.63. The van der Waals surface area contributed by atoms with E-state index in [1.165, 1.54) is 0 Å². The van der Waals surface area contributed by atoms with Gasteiger partial charge in [-0.05, 0) is 6.42 Å². The molecule has 2 unspecified atom stereocenters. The van der Waals surface area contributed by atoms with E-state index >= 15 is 0 Å². The lowest BCUT2D eigenvalue weighted by atomic mass is 10.1. The molecule has 1 fully saturated rings. The molecule has 1 amide bonds. The molecule has 7 heteroatoms. The van der Waals surface area contributed by atoms with Crippen molar-refractivity contribution < 1.29 is 22.7 Å². The van der Waals surface area contributed by atoms with E-state index in [2.05, 4.69) is 5.32 Å². The van der Waals surface area contributed by atoms with Gasteiger partial charge in [-0.3, -0.25) is 4.79 Å². The second-order valence-corrected chi connectivity index (χ2v) is 3.49. The quantitative estimate of drug-likeness (QED) is 0.713. The first-order valence-electron chi connectivity index (χ1n) is 4.59. The zero-order chi connectivity index (χ0) is 11.5. The van der Waals surface area contributed by atoms with Crippen molar-refractivity contribution in [1.82, 2.24) is 5.32 Å². The molecule has 0 radical (unpaired) electrons. The van der Waals surface area contributed by atoms with Gasteiger partial charge in [-0.1, -0.05) is 0 Å². The van der Waals surface area contributed by atoms with Gasteiger partial charge in [0.1, 0.15) is 0 Å². The fourth-order valence-electron chi connectivity index (χ4n) is 1.25. The van der Waals surface area contributed by atoms with Crippen LogP contribution in [0.15, 0.2) is 0 Å². The Morgan fingerprint density at radius 3 is 2.73 bits per heavy atom. The maximum Gasteiger partial charge on any atom is 0.412 e. The number of ether oxygens (including phenoxy) is 1. The summed E-state index contributed by atoms with van der Waals surface area (Å²) in [6.07, 6.45) is -3.93. The Morgan fingerprint density at radius 1 is 1.60 bits per heavy atom. The normalized spacial score (nSPS) is 23.9. The van der Waals surface area contributed by atoms with Crippen LogP contribution >= 0.6 is 0 Å². The maximum atomic E-state index is 12.0. The Bertz CT molecular complexity index is 226. The molecule has 1 heterocycles. The first-order valence-corrected chi connectivity index (χ1v) is 4.59. The van der Waals surface area contributed by atoms with Crippen LogP contribution in [-0.2, 0) is 9.53 Å². The summed E-state index contributed by atoms with van der Waals surface area (Å²) in [5.41, 5.74) is 4.71. The van der Waals surface area contributed by atoms with Crippen LogP contribution < -0.4 is 11.1 Å². The Balaban J connectivity index is 2.29. The van der Waals surface area contributed by atoms with Crippen molar-refractivity contribution in [3.8, 4) is 0 Å². The first kappa shape index (κ1) is 12.3. The van der Waals surface area contributed by atoms with Crippen molar-refractivity contribution in [3.05, 3.63) is 0 Å². The SMILES string of the molecule is NC(C(=O)NCC1CCOC1)C(F)(F)F. The first-order chi connectivity index (χ1) is 6.91. The minimum Gasteiger partial charge on any atom is -0.381 e. The van der Waals surface area contributed by atoms with Gasteiger partial charge in [0.05, 0.1) is 6.61 Å². The summed E-state index contributed by atoms with van der Waals surface area (Å²) < 4.78 is 41.0. The van der Waals surface area contributed by atoms with E-state index in [9.17, 15) is 18.0 Å². The van der Waals surface area contributed by atoms with Gasteiger partial charge in [0.2, 0.25) is 5.91 Å². The lowest BCUT2D eigenvalue weighted by molar-refractivity contribution is -0.162. The molecule has 4 nitrogen and oxygen atoms in total. The van der Waals surface area contributed by atoms with E-state index in [0.29, 0.717) is 13.2 Å². The smallest absolute Gasteiger partial charge is 0.381 e. The average molecular weight is 226 g/mol. The molecule has 0 aromatic heterocycles. The van der Waals surface area contributed by atoms with Gasteiger partial charge in [-0.25, -0.2) is 0 Å². The highest BCUT2D eigenvalue weighted by atomic mass is 19.4. The fourth-order valence-corrected chi connectivity index (χ4v) is 1.25. The van der Waals surface area contributed by atoms with Crippen molar-refractivity contribution in [2.24, 2.45) is 11.7 Å². The highest BCUT2D eigenvalue weighted by molar-refractivity contribution is 5.82. The largest absolute Gasteiger partial charge is 0.412 e. The molecule has 2 atom stereocenters. The Kier molecular flexibility index (Phi) is 3.92. The molecule has 0 bridgehead atoms. The zero-order valence-corrected chi connectivity index (χ0v) is 8.01. The van der Waals surface area contributed by atoms with Gasteiger partial charge >= 0.3 is 6.18 Å². The van der Waals surface area contributed by atoms with E-state index in [1.807, 2.05) is 0 Å². The molecule has 0 spiro atoms. The third-order valence-corrected chi connectivity index (χ3v) is 2.22. The van der Waals surface area contributed by atoms with Crippen molar-refractivity contribution in [2.75, 3.05) is 19.8 Å². The van der Waals surface area contributed by atoms with E-state index in [1.54, 1.807) is 0 Å². The van der Waals surface area contributed by atoms with Crippen molar-refractivity contribution in [1.29, 1.82) is 0 Å².